The van der Waals surface area contributed by atoms with Crippen molar-refractivity contribution in [3.63, 3.8) is 0 Å². The molecule has 0 saturated carbocycles. The van der Waals surface area contributed by atoms with Crippen LogP contribution in [0.4, 0.5) is 13.2 Å². The lowest BCUT2D eigenvalue weighted by Gasteiger charge is -2.10. The molecule has 0 aliphatic carbocycles. The van der Waals surface area contributed by atoms with Crippen molar-refractivity contribution in [1.82, 2.24) is 4.72 Å². The summed E-state index contributed by atoms with van der Waals surface area (Å²) in [5.41, 5.74) is 0.783. The molecule has 2 rings (SSSR count). The van der Waals surface area contributed by atoms with Crippen LogP contribution < -0.4 is 9.46 Å². The molecule has 25 heavy (non-hydrogen) atoms. The number of hydrogen-bond acceptors (Lipinski definition) is 3. The number of alkyl halides is 3. The van der Waals surface area contributed by atoms with Gasteiger partial charge in [0.2, 0.25) is 10.0 Å². The van der Waals surface area contributed by atoms with E-state index in [2.05, 4.69) is 9.46 Å². The molecule has 1 N–H and O–H groups in total. The van der Waals surface area contributed by atoms with Gasteiger partial charge in [0.1, 0.15) is 5.75 Å². The molecule has 0 unspecified atom stereocenters. The maximum atomic E-state index is 12.1. The van der Waals surface area contributed by atoms with Crippen LogP contribution in [0.2, 0.25) is 10.0 Å². The first-order valence-electron chi connectivity index (χ1n) is 6.86. The van der Waals surface area contributed by atoms with Crippen LogP contribution >= 0.6 is 23.2 Å². The SMILES string of the molecule is O=S(=O)(NCCc1ccc(Cl)c(Cl)c1)c1ccc(OC(F)(F)F)cc1. The zero-order valence-electron chi connectivity index (χ0n) is 12.5. The van der Waals surface area contributed by atoms with Gasteiger partial charge in [0.25, 0.3) is 0 Å². The molecule has 0 heterocycles. The van der Waals surface area contributed by atoms with E-state index in [0.29, 0.717) is 16.5 Å². The van der Waals surface area contributed by atoms with Crippen LogP contribution in [0.1, 0.15) is 5.56 Å². The smallest absolute Gasteiger partial charge is 0.406 e. The molecule has 2 aromatic carbocycles. The number of sulfonamides is 1. The minimum absolute atomic E-state index is 0.0844. The van der Waals surface area contributed by atoms with E-state index in [4.69, 9.17) is 23.2 Å². The standard InChI is InChI=1S/C15H12Cl2F3NO3S/c16-13-6-1-10(9-14(13)17)7-8-21-25(22,23)12-4-2-11(3-5-12)24-15(18,19)20/h1-6,9,21H,7-8H2. The highest BCUT2D eigenvalue weighted by Crippen LogP contribution is 2.24. The van der Waals surface area contributed by atoms with Crippen LogP contribution in [0, 0.1) is 0 Å². The van der Waals surface area contributed by atoms with Gasteiger partial charge in [-0.1, -0.05) is 29.3 Å². The predicted molar refractivity (Wildman–Crippen MR) is 88.5 cm³/mol. The molecule has 0 spiro atoms. The number of halogens is 5. The van der Waals surface area contributed by atoms with E-state index in [9.17, 15) is 21.6 Å². The minimum Gasteiger partial charge on any atom is -0.406 e. The number of nitrogens with one attached hydrogen (secondary N) is 1. The third kappa shape index (κ3) is 6.07. The van der Waals surface area contributed by atoms with Gasteiger partial charge in [-0.15, -0.1) is 13.2 Å². The van der Waals surface area contributed by atoms with Gasteiger partial charge >= 0.3 is 6.36 Å². The molecule has 0 bridgehead atoms. The minimum atomic E-state index is -4.83. The van der Waals surface area contributed by atoms with Crippen molar-refractivity contribution in [2.24, 2.45) is 0 Å². The van der Waals surface area contributed by atoms with Gasteiger partial charge in [0, 0.05) is 6.54 Å². The maximum absolute atomic E-state index is 12.1. The molecule has 10 heteroatoms. The summed E-state index contributed by atoms with van der Waals surface area (Å²) in [5.74, 6) is -0.498. The van der Waals surface area contributed by atoms with Crippen molar-refractivity contribution >= 4 is 33.2 Å². The Balaban J connectivity index is 1.97. The van der Waals surface area contributed by atoms with E-state index in [-0.39, 0.29) is 11.4 Å². The normalized spacial score (nSPS) is 12.2. The van der Waals surface area contributed by atoms with E-state index < -0.39 is 22.1 Å². The van der Waals surface area contributed by atoms with Gasteiger partial charge < -0.3 is 4.74 Å². The van der Waals surface area contributed by atoms with Crippen molar-refractivity contribution in [2.75, 3.05) is 6.54 Å². The van der Waals surface area contributed by atoms with Crippen LogP contribution in [0.5, 0.6) is 5.75 Å². The highest BCUT2D eigenvalue weighted by molar-refractivity contribution is 7.89. The van der Waals surface area contributed by atoms with E-state index in [0.717, 1.165) is 29.8 Å². The molecule has 0 saturated heterocycles. The molecular weight excluding hydrogens is 402 g/mol. The lowest BCUT2D eigenvalue weighted by atomic mass is 10.1. The molecule has 0 fully saturated rings. The van der Waals surface area contributed by atoms with Crippen molar-refractivity contribution in [1.29, 1.82) is 0 Å². The van der Waals surface area contributed by atoms with Crippen LogP contribution in [0.3, 0.4) is 0 Å². The van der Waals surface area contributed by atoms with Crippen molar-refractivity contribution in [3.05, 3.63) is 58.1 Å². The molecule has 4 nitrogen and oxygen atoms in total. The van der Waals surface area contributed by atoms with Crippen molar-refractivity contribution in [3.8, 4) is 5.75 Å². The second-order valence-corrected chi connectivity index (χ2v) is 7.50. The molecule has 0 aliphatic heterocycles. The molecule has 0 atom stereocenters. The van der Waals surface area contributed by atoms with E-state index in [1.807, 2.05) is 0 Å². The third-order valence-electron chi connectivity index (χ3n) is 3.06. The highest BCUT2D eigenvalue weighted by atomic mass is 35.5. The average Bonchev–Trinajstić information content (AvgIpc) is 2.49. The predicted octanol–water partition coefficient (Wildman–Crippen LogP) is 4.41. The van der Waals surface area contributed by atoms with Crippen LogP contribution in [0.25, 0.3) is 0 Å². The molecule has 0 radical (unpaired) electrons. The van der Waals surface area contributed by atoms with Crippen LogP contribution in [-0.4, -0.2) is 21.3 Å². The summed E-state index contributed by atoms with van der Waals surface area (Å²) in [6.45, 7) is 0.0844. The quantitative estimate of drug-likeness (QED) is 0.762. The number of ether oxygens (including phenoxy) is 1. The van der Waals surface area contributed by atoms with Crippen LogP contribution in [-0.2, 0) is 16.4 Å². The fourth-order valence-electron chi connectivity index (χ4n) is 1.93. The monoisotopic (exact) mass is 413 g/mol. The Labute approximate surface area is 152 Å². The second-order valence-electron chi connectivity index (χ2n) is 4.92. The highest BCUT2D eigenvalue weighted by Gasteiger charge is 2.31. The lowest BCUT2D eigenvalue weighted by Crippen LogP contribution is -2.26. The van der Waals surface area contributed by atoms with E-state index in [1.54, 1.807) is 18.2 Å². The number of benzene rings is 2. The van der Waals surface area contributed by atoms with Gasteiger partial charge in [0.15, 0.2) is 0 Å². The van der Waals surface area contributed by atoms with Gasteiger partial charge in [-0.2, -0.15) is 0 Å². The Morgan fingerprint density at radius 2 is 1.64 bits per heavy atom. The summed E-state index contributed by atoms with van der Waals surface area (Å²) in [7, 11) is -3.86. The third-order valence-corrected chi connectivity index (χ3v) is 5.27. The maximum Gasteiger partial charge on any atom is 0.573 e. The number of rotatable bonds is 6. The Morgan fingerprint density at radius 1 is 1.00 bits per heavy atom. The Bertz CT molecular complexity index is 840. The van der Waals surface area contributed by atoms with Crippen molar-refractivity contribution < 1.29 is 26.3 Å². The van der Waals surface area contributed by atoms with E-state index >= 15 is 0 Å². The summed E-state index contributed by atoms with van der Waals surface area (Å²) in [6.07, 6.45) is -4.47. The molecular formula is C15H12Cl2F3NO3S. The Kier molecular flexibility index (Phi) is 6.21. The fraction of sp³-hybridized carbons (Fsp3) is 0.200. The zero-order valence-corrected chi connectivity index (χ0v) is 14.8. The summed E-state index contributed by atoms with van der Waals surface area (Å²) in [4.78, 5) is -0.170. The molecule has 0 aromatic heterocycles. The summed E-state index contributed by atoms with van der Waals surface area (Å²) in [5, 5.41) is 0.759. The van der Waals surface area contributed by atoms with Gasteiger partial charge in [-0.25, -0.2) is 13.1 Å². The summed E-state index contributed by atoms with van der Waals surface area (Å²) >= 11 is 11.7. The molecule has 2 aromatic rings. The van der Waals surface area contributed by atoms with Gasteiger partial charge in [-0.05, 0) is 48.4 Å². The number of hydrogen-bond donors (Lipinski definition) is 1. The first-order chi connectivity index (χ1) is 11.6. The first kappa shape index (κ1) is 19.8. The Morgan fingerprint density at radius 3 is 2.20 bits per heavy atom. The topological polar surface area (TPSA) is 55.4 Å². The molecule has 0 amide bonds. The Hall–Kier alpha value is -1.48. The van der Waals surface area contributed by atoms with Crippen molar-refractivity contribution in [2.45, 2.75) is 17.7 Å². The summed E-state index contributed by atoms with van der Waals surface area (Å²) < 4.78 is 66.5. The lowest BCUT2D eigenvalue weighted by molar-refractivity contribution is -0.274. The largest absolute Gasteiger partial charge is 0.573 e. The zero-order chi connectivity index (χ0) is 18.7. The molecule has 0 aliphatic rings. The van der Waals surface area contributed by atoms with Crippen LogP contribution in [0.15, 0.2) is 47.4 Å². The fourth-order valence-corrected chi connectivity index (χ4v) is 3.28. The molecule has 136 valence electrons. The van der Waals surface area contributed by atoms with Gasteiger partial charge in [0.05, 0.1) is 14.9 Å². The first-order valence-corrected chi connectivity index (χ1v) is 9.10. The van der Waals surface area contributed by atoms with E-state index in [1.165, 1.54) is 0 Å². The summed E-state index contributed by atoms with van der Waals surface area (Å²) in [6, 6.07) is 8.87. The second kappa shape index (κ2) is 7.82. The van der Waals surface area contributed by atoms with Gasteiger partial charge in [-0.3, -0.25) is 0 Å². The average molecular weight is 414 g/mol.